The molecule has 0 aliphatic carbocycles. The van der Waals surface area contributed by atoms with Crippen molar-refractivity contribution in [3.05, 3.63) is 47.4 Å². The normalized spacial score (nSPS) is 14.2. The number of carbonyl (C=O) groups is 1. The Bertz CT molecular complexity index is 833. The Morgan fingerprint density at radius 1 is 1.21 bits per heavy atom. The lowest BCUT2D eigenvalue weighted by Gasteiger charge is -2.37. The molecule has 2 heterocycles. The zero-order valence-corrected chi connectivity index (χ0v) is 16.9. The molecule has 2 amide bonds. The summed E-state index contributed by atoms with van der Waals surface area (Å²) in [5, 5.41) is 0. The van der Waals surface area contributed by atoms with Crippen molar-refractivity contribution in [2.75, 3.05) is 50.1 Å². The number of aromatic nitrogens is 1. The number of piperazine rings is 1. The van der Waals surface area contributed by atoms with Crippen molar-refractivity contribution in [2.24, 2.45) is 0 Å². The Morgan fingerprint density at radius 2 is 1.86 bits per heavy atom. The molecule has 1 fully saturated rings. The highest BCUT2D eigenvalue weighted by atomic mass is 19.1. The van der Waals surface area contributed by atoms with Crippen molar-refractivity contribution in [3.63, 3.8) is 0 Å². The lowest BCUT2D eigenvalue weighted by atomic mass is 10.1. The van der Waals surface area contributed by atoms with Crippen LogP contribution in [0.3, 0.4) is 0 Å². The van der Waals surface area contributed by atoms with Crippen molar-refractivity contribution < 1.29 is 13.9 Å². The minimum Gasteiger partial charge on any atom is -0.480 e. The van der Waals surface area contributed by atoms with Gasteiger partial charge in [-0.2, -0.15) is 0 Å². The van der Waals surface area contributed by atoms with Crippen molar-refractivity contribution in [2.45, 2.75) is 20.3 Å². The summed E-state index contributed by atoms with van der Waals surface area (Å²) in [6.07, 6.45) is 0.841. The summed E-state index contributed by atoms with van der Waals surface area (Å²) < 4.78 is 18.5. The molecule has 0 saturated carbocycles. The molecule has 2 aromatic rings. The van der Waals surface area contributed by atoms with Crippen LogP contribution in [0.15, 0.2) is 30.3 Å². The topological polar surface area (TPSA) is 48.9 Å². The molecular formula is C21H27FN4O2. The lowest BCUT2D eigenvalue weighted by molar-refractivity contribution is 0.202. The van der Waals surface area contributed by atoms with Gasteiger partial charge in [-0.1, -0.05) is 6.92 Å². The monoisotopic (exact) mass is 386 g/mol. The largest absolute Gasteiger partial charge is 0.480 e. The third-order valence-corrected chi connectivity index (χ3v) is 5.23. The van der Waals surface area contributed by atoms with Crippen molar-refractivity contribution in [3.8, 4) is 5.88 Å². The van der Waals surface area contributed by atoms with Gasteiger partial charge in [-0.25, -0.2) is 14.2 Å². The number of anilines is 2. The van der Waals surface area contributed by atoms with Gasteiger partial charge in [-0.15, -0.1) is 0 Å². The van der Waals surface area contributed by atoms with E-state index in [0.717, 1.165) is 23.4 Å². The molecule has 150 valence electrons. The second-order valence-electron chi connectivity index (χ2n) is 6.91. The molecule has 0 radical (unpaired) electrons. The minimum atomic E-state index is -0.244. The average molecular weight is 386 g/mol. The predicted molar refractivity (Wildman–Crippen MR) is 109 cm³/mol. The van der Waals surface area contributed by atoms with E-state index in [0.29, 0.717) is 37.7 Å². The molecule has 6 nitrogen and oxygen atoms in total. The fraction of sp³-hybridized carbons (Fsp3) is 0.429. The maximum Gasteiger partial charge on any atom is 0.324 e. The highest BCUT2D eigenvalue weighted by molar-refractivity contribution is 5.93. The third-order valence-electron chi connectivity index (χ3n) is 5.23. The maximum absolute atomic E-state index is 13.1. The quantitative estimate of drug-likeness (QED) is 0.807. The Labute approximate surface area is 165 Å². The number of aryl methyl sites for hydroxylation is 2. The molecule has 0 atom stereocenters. The minimum absolute atomic E-state index is 0.0789. The van der Waals surface area contributed by atoms with Crippen LogP contribution < -0.4 is 14.5 Å². The first-order valence-electron chi connectivity index (χ1n) is 9.52. The van der Waals surface area contributed by atoms with Gasteiger partial charge in [-0.3, -0.25) is 4.90 Å². The number of benzene rings is 1. The number of amides is 2. The standard InChI is InChI=1S/C21H27FN4O2/c1-5-16-14-19(20(28-4)23-15(16)2)24(3)21(27)26-12-10-25(11-13-26)18-8-6-17(22)7-9-18/h6-9,14H,5,10-13H2,1-4H3. The smallest absolute Gasteiger partial charge is 0.324 e. The van der Waals surface area contributed by atoms with Crippen LogP contribution in [0.1, 0.15) is 18.2 Å². The van der Waals surface area contributed by atoms with Crippen molar-refractivity contribution in [1.29, 1.82) is 0 Å². The Kier molecular flexibility index (Phi) is 6.02. The van der Waals surface area contributed by atoms with Crippen molar-refractivity contribution in [1.82, 2.24) is 9.88 Å². The Hall–Kier alpha value is -2.83. The number of halogens is 1. The van der Waals surface area contributed by atoms with Crippen LogP contribution in [0.2, 0.25) is 0 Å². The van der Waals surface area contributed by atoms with Crippen molar-refractivity contribution >= 4 is 17.4 Å². The molecule has 1 aliphatic heterocycles. The predicted octanol–water partition coefficient (Wildman–Crippen LogP) is 3.48. The van der Waals surface area contributed by atoms with Gasteiger partial charge in [0.2, 0.25) is 5.88 Å². The molecular weight excluding hydrogens is 359 g/mol. The summed E-state index contributed by atoms with van der Waals surface area (Å²) >= 11 is 0. The van der Waals surface area contributed by atoms with E-state index in [4.69, 9.17) is 4.74 Å². The second-order valence-corrected chi connectivity index (χ2v) is 6.91. The Balaban J connectivity index is 1.70. The van der Waals surface area contributed by atoms with Gasteiger partial charge in [-0.05, 0) is 49.2 Å². The highest BCUT2D eigenvalue weighted by Crippen LogP contribution is 2.29. The first-order valence-corrected chi connectivity index (χ1v) is 9.52. The zero-order chi connectivity index (χ0) is 20.3. The Morgan fingerprint density at radius 3 is 2.43 bits per heavy atom. The molecule has 0 unspecified atom stereocenters. The number of nitrogens with zero attached hydrogens (tertiary/aromatic N) is 4. The number of ether oxygens (including phenoxy) is 1. The van der Waals surface area contributed by atoms with E-state index < -0.39 is 0 Å². The van der Waals surface area contributed by atoms with E-state index in [1.807, 2.05) is 17.9 Å². The van der Waals surface area contributed by atoms with E-state index in [1.54, 1.807) is 31.2 Å². The fourth-order valence-electron chi connectivity index (χ4n) is 3.48. The summed E-state index contributed by atoms with van der Waals surface area (Å²) in [5.74, 6) is 0.210. The number of carbonyl (C=O) groups excluding carboxylic acids is 1. The van der Waals surface area contributed by atoms with Gasteiger partial charge in [0.1, 0.15) is 11.5 Å². The molecule has 1 aliphatic rings. The van der Waals surface area contributed by atoms with E-state index in [1.165, 1.54) is 12.1 Å². The zero-order valence-electron chi connectivity index (χ0n) is 16.9. The summed E-state index contributed by atoms with van der Waals surface area (Å²) in [6.45, 7) is 6.62. The molecule has 7 heteroatoms. The first kappa shape index (κ1) is 19.9. The van der Waals surface area contributed by atoms with Crippen LogP contribution in [-0.4, -0.2) is 56.3 Å². The summed E-state index contributed by atoms with van der Waals surface area (Å²) in [6, 6.07) is 8.37. The molecule has 28 heavy (non-hydrogen) atoms. The van der Waals surface area contributed by atoms with Gasteiger partial charge in [0.25, 0.3) is 0 Å². The maximum atomic E-state index is 13.1. The number of hydrogen-bond acceptors (Lipinski definition) is 4. The van der Waals surface area contributed by atoms with Gasteiger partial charge in [0.05, 0.1) is 7.11 Å². The first-order chi connectivity index (χ1) is 13.4. The molecule has 1 aromatic carbocycles. The van der Waals surface area contributed by atoms with Gasteiger partial charge < -0.3 is 14.5 Å². The molecule has 1 saturated heterocycles. The summed E-state index contributed by atoms with van der Waals surface area (Å²) in [5.41, 5.74) is 3.66. The molecule has 0 N–H and O–H groups in total. The van der Waals surface area contributed by atoms with Crippen LogP contribution >= 0.6 is 0 Å². The number of urea groups is 1. The number of rotatable bonds is 4. The van der Waals surface area contributed by atoms with Crippen LogP contribution in [-0.2, 0) is 6.42 Å². The molecule has 1 aromatic heterocycles. The van der Waals surface area contributed by atoms with Crippen LogP contribution in [0, 0.1) is 12.7 Å². The summed E-state index contributed by atoms with van der Waals surface area (Å²) in [7, 11) is 3.32. The van der Waals surface area contributed by atoms with E-state index >= 15 is 0 Å². The highest BCUT2D eigenvalue weighted by Gasteiger charge is 2.26. The van der Waals surface area contributed by atoms with Gasteiger partial charge >= 0.3 is 6.03 Å². The lowest BCUT2D eigenvalue weighted by Crippen LogP contribution is -2.52. The second kappa shape index (κ2) is 8.46. The van der Waals surface area contributed by atoms with E-state index in [2.05, 4.69) is 16.8 Å². The number of hydrogen-bond donors (Lipinski definition) is 0. The summed E-state index contributed by atoms with van der Waals surface area (Å²) in [4.78, 5) is 23.1. The number of pyridine rings is 1. The molecule has 0 spiro atoms. The fourth-order valence-corrected chi connectivity index (χ4v) is 3.48. The average Bonchev–Trinajstić information content (AvgIpc) is 2.73. The van der Waals surface area contributed by atoms with E-state index in [9.17, 15) is 9.18 Å². The molecule has 0 bridgehead atoms. The third kappa shape index (κ3) is 4.03. The number of methoxy groups -OCH3 is 1. The SMILES string of the molecule is CCc1cc(N(C)C(=O)N2CCN(c3ccc(F)cc3)CC2)c(OC)nc1C. The van der Waals surface area contributed by atoms with E-state index in [-0.39, 0.29) is 11.8 Å². The van der Waals surface area contributed by atoms with Crippen LogP contribution in [0.5, 0.6) is 5.88 Å². The van der Waals surface area contributed by atoms with Gasteiger partial charge in [0, 0.05) is 44.6 Å². The van der Waals surface area contributed by atoms with Crippen LogP contribution in [0.4, 0.5) is 20.6 Å². The van der Waals surface area contributed by atoms with Gasteiger partial charge in [0.15, 0.2) is 0 Å². The van der Waals surface area contributed by atoms with Crippen LogP contribution in [0.25, 0.3) is 0 Å². The molecule has 3 rings (SSSR count).